The summed E-state index contributed by atoms with van der Waals surface area (Å²) < 4.78 is 0. The molecule has 19 heavy (non-hydrogen) atoms. The molecule has 0 spiro atoms. The SMILES string of the molecule is CCN[C@H](Cc1ccc(O)cc1)c1ccc(O)cc1. The number of likely N-dealkylation sites (N-methyl/N-ethyl adjacent to an activating group) is 1. The molecule has 0 heterocycles. The number of rotatable bonds is 5. The van der Waals surface area contributed by atoms with E-state index in [0.717, 1.165) is 24.1 Å². The van der Waals surface area contributed by atoms with E-state index in [-0.39, 0.29) is 17.5 Å². The molecule has 100 valence electrons. The van der Waals surface area contributed by atoms with Crippen molar-refractivity contribution in [1.29, 1.82) is 0 Å². The van der Waals surface area contributed by atoms with Crippen LogP contribution in [0.4, 0.5) is 0 Å². The Balaban J connectivity index is 2.15. The summed E-state index contributed by atoms with van der Waals surface area (Å²) in [6.45, 7) is 2.95. The van der Waals surface area contributed by atoms with E-state index in [1.165, 1.54) is 0 Å². The third kappa shape index (κ3) is 3.73. The van der Waals surface area contributed by atoms with Crippen LogP contribution in [-0.2, 0) is 6.42 Å². The fraction of sp³-hybridized carbons (Fsp3) is 0.250. The van der Waals surface area contributed by atoms with Gasteiger partial charge in [0.1, 0.15) is 11.5 Å². The van der Waals surface area contributed by atoms with Gasteiger partial charge in [-0.2, -0.15) is 0 Å². The summed E-state index contributed by atoms with van der Waals surface area (Å²) in [5.74, 6) is 0.567. The van der Waals surface area contributed by atoms with Crippen LogP contribution in [0.1, 0.15) is 24.1 Å². The average Bonchev–Trinajstić information content (AvgIpc) is 2.42. The van der Waals surface area contributed by atoms with Crippen molar-refractivity contribution in [3.8, 4) is 11.5 Å². The van der Waals surface area contributed by atoms with Gasteiger partial charge in [0.05, 0.1) is 0 Å². The van der Waals surface area contributed by atoms with Gasteiger partial charge in [-0.3, -0.25) is 0 Å². The minimum atomic E-state index is 0.204. The molecule has 2 rings (SSSR count). The van der Waals surface area contributed by atoms with E-state index in [1.54, 1.807) is 24.3 Å². The minimum absolute atomic E-state index is 0.204. The molecule has 0 fully saturated rings. The number of nitrogens with one attached hydrogen (secondary N) is 1. The molecule has 0 bridgehead atoms. The molecule has 0 unspecified atom stereocenters. The van der Waals surface area contributed by atoms with Gasteiger partial charge in [-0.1, -0.05) is 31.2 Å². The molecule has 0 aliphatic heterocycles. The maximum Gasteiger partial charge on any atom is 0.115 e. The number of phenols is 2. The van der Waals surface area contributed by atoms with Gasteiger partial charge in [-0.25, -0.2) is 0 Å². The maximum atomic E-state index is 9.34. The molecule has 0 aliphatic carbocycles. The van der Waals surface area contributed by atoms with Crippen molar-refractivity contribution in [2.24, 2.45) is 0 Å². The molecule has 2 aromatic rings. The maximum absolute atomic E-state index is 9.34. The minimum Gasteiger partial charge on any atom is -0.508 e. The van der Waals surface area contributed by atoms with Crippen molar-refractivity contribution in [2.75, 3.05) is 6.54 Å². The van der Waals surface area contributed by atoms with Crippen LogP contribution in [0.3, 0.4) is 0 Å². The monoisotopic (exact) mass is 257 g/mol. The fourth-order valence-electron chi connectivity index (χ4n) is 2.13. The van der Waals surface area contributed by atoms with Crippen LogP contribution < -0.4 is 5.32 Å². The predicted octanol–water partition coefficient (Wildman–Crippen LogP) is 2.99. The summed E-state index contributed by atoms with van der Waals surface area (Å²) >= 11 is 0. The first-order chi connectivity index (χ1) is 9.19. The van der Waals surface area contributed by atoms with Crippen molar-refractivity contribution in [1.82, 2.24) is 5.32 Å². The Kier molecular flexibility index (Phi) is 4.42. The predicted molar refractivity (Wildman–Crippen MR) is 76.3 cm³/mol. The van der Waals surface area contributed by atoms with Gasteiger partial charge in [0.15, 0.2) is 0 Å². The standard InChI is InChI=1S/C16H19NO2/c1-2-17-16(13-5-9-15(19)10-6-13)11-12-3-7-14(18)8-4-12/h3-10,16-19H,2,11H2,1H3/t16-/m1/s1. The van der Waals surface area contributed by atoms with Crippen molar-refractivity contribution in [3.63, 3.8) is 0 Å². The van der Waals surface area contributed by atoms with Crippen LogP contribution in [-0.4, -0.2) is 16.8 Å². The van der Waals surface area contributed by atoms with Crippen molar-refractivity contribution >= 4 is 0 Å². The third-order valence-corrected chi connectivity index (χ3v) is 3.12. The zero-order chi connectivity index (χ0) is 13.7. The van der Waals surface area contributed by atoms with Gasteiger partial charge in [-0.05, 0) is 48.4 Å². The summed E-state index contributed by atoms with van der Waals surface area (Å²) in [5, 5.41) is 22.1. The van der Waals surface area contributed by atoms with Crippen LogP contribution in [0.15, 0.2) is 48.5 Å². The van der Waals surface area contributed by atoms with E-state index in [0.29, 0.717) is 0 Å². The molecule has 0 aromatic heterocycles. The number of aromatic hydroxyl groups is 2. The highest BCUT2D eigenvalue weighted by atomic mass is 16.3. The molecule has 0 aliphatic rings. The fourth-order valence-corrected chi connectivity index (χ4v) is 2.13. The molecule has 0 saturated carbocycles. The van der Waals surface area contributed by atoms with E-state index >= 15 is 0 Å². The summed E-state index contributed by atoms with van der Waals surface area (Å²) in [6.07, 6.45) is 0.846. The average molecular weight is 257 g/mol. The summed E-state index contributed by atoms with van der Waals surface area (Å²) in [7, 11) is 0. The highest BCUT2D eigenvalue weighted by Gasteiger charge is 2.11. The van der Waals surface area contributed by atoms with Gasteiger partial charge in [0, 0.05) is 6.04 Å². The largest absolute Gasteiger partial charge is 0.508 e. The quantitative estimate of drug-likeness (QED) is 0.771. The molecule has 3 nitrogen and oxygen atoms in total. The number of hydrogen-bond acceptors (Lipinski definition) is 3. The lowest BCUT2D eigenvalue weighted by Crippen LogP contribution is -2.22. The Morgan fingerprint density at radius 3 is 1.95 bits per heavy atom. The van der Waals surface area contributed by atoms with Crippen molar-refractivity contribution in [2.45, 2.75) is 19.4 Å². The number of hydrogen-bond donors (Lipinski definition) is 3. The second-order valence-corrected chi connectivity index (χ2v) is 4.57. The molecule has 0 radical (unpaired) electrons. The van der Waals surface area contributed by atoms with Crippen molar-refractivity contribution in [3.05, 3.63) is 59.7 Å². The second-order valence-electron chi connectivity index (χ2n) is 4.57. The van der Waals surface area contributed by atoms with E-state index in [4.69, 9.17) is 0 Å². The van der Waals surface area contributed by atoms with E-state index in [1.807, 2.05) is 24.3 Å². The molecule has 0 amide bonds. The first-order valence-corrected chi connectivity index (χ1v) is 6.49. The van der Waals surface area contributed by atoms with Crippen LogP contribution in [0, 0.1) is 0 Å². The van der Waals surface area contributed by atoms with Gasteiger partial charge in [0.25, 0.3) is 0 Å². The van der Waals surface area contributed by atoms with Crippen LogP contribution >= 0.6 is 0 Å². The van der Waals surface area contributed by atoms with Crippen molar-refractivity contribution < 1.29 is 10.2 Å². The smallest absolute Gasteiger partial charge is 0.115 e. The van der Waals surface area contributed by atoms with Gasteiger partial charge >= 0.3 is 0 Å². The lowest BCUT2D eigenvalue weighted by Gasteiger charge is -2.18. The molecule has 3 heteroatoms. The Hall–Kier alpha value is -2.00. The Labute approximate surface area is 113 Å². The lowest BCUT2D eigenvalue weighted by molar-refractivity contribution is 0.472. The molecule has 2 aromatic carbocycles. The topological polar surface area (TPSA) is 52.5 Å². The molecular formula is C16H19NO2. The molecular weight excluding hydrogens is 238 g/mol. The summed E-state index contributed by atoms with van der Waals surface area (Å²) in [5.41, 5.74) is 2.31. The normalized spacial score (nSPS) is 12.3. The number of phenolic OH excluding ortho intramolecular Hbond substituents is 2. The number of benzene rings is 2. The van der Waals surface area contributed by atoms with Crippen LogP contribution in [0.25, 0.3) is 0 Å². The van der Waals surface area contributed by atoms with E-state index in [9.17, 15) is 10.2 Å². The van der Waals surface area contributed by atoms with Gasteiger partial charge < -0.3 is 15.5 Å². The first kappa shape index (κ1) is 13.4. The highest BCUT2D eigenvalue weighted by Crippen LogP contribution is 2.21. The Morgan fingerprint density at radius 2 is 1.42 bits per heavy atom. The molecule has 3 N–H and O–H groups in total. The summed E-state index contributed by atoms with van der Waals surface area (Å²) in [4.78, 5) is 0. The summed E-state index contributed by atoms with van der Waals surface area (Å²) in [6, 6.07) is 14.7. The lowest BCUT2D eigenvalue weighted by atomic mass is 9.98. The van der Waals surface area contributed by atoms with Crippen LogP contribution in [0.5, 0.6) is 11.5 Å². The third-order valence-electron chi connectivity index (χ3n) is 3.12. The van der Waals surface area contributed by atoms with Crippen LogP contribution in [0.2, 0.25) is 0 Å². The molecule has 1 atom stereocenters. The van der Waals surface area contributed by atoms with Gasteiger partial charge in [-0.15, -0.1) is 0 Å². The van der Waals surface area contributed by atoms with Gasteiger partial charge in [0.2, 0.25) is 0 Å². The highest BCUT2D eigenvalue weighted by molar-refractivity contribution is 5.31. The Morgan fingerprint density at radius 1 is 0.895 bits per heavy atom. The molecule has 0 saturated heterocycles. The Bertz CT molecular complexity index is 505. The zero-order valence-electron chi connectivity index (χ0n) is 11.0. The zero-order valence-corrected chi connectivity index (χ0v) is 11.0. The second kappa shape index (κ2) is 6.25. The van der Waals surface area contributed by atoms with E-state index < -0.39 is 0 Å². The first-order valence-electron chi connectivity index (χ1n) is 6.49. The van der Waals surface area contributed by atoms with E-state index in [2.05, 4.69) is 12.2 Å².